The average Bonchev–Trinajstić information content (AvgIpc) is 2.95. The summed E-state index contributed by atoms with van der Waals surface area (Å²) in [6, 6.07) is 6.97. The van der Waals surface area contributed by atoms with E-state index < -0.39 is 16.6 Å². The van der Waals surface area contributed by atoms with E-state index in [4.69, 9.17) is 4.42 Å². The number of urea groups is 1. The van der Waals surface area contributed by atoms with Crippen LogP contribution in [0.1, 0.15) is 24.0 Å². The van der Waals surface area contributed by atoms with Gasteiger partial charge in [0.2, 0.25) is 0 Å². The van der Waals surface area contributed by atoms with Crippen LogP contribution in [-0.2, 0) is 5.60 Å². The maximum Gasteiger partial charge on any atom is 0.319 e. The Kier molecular flexibility index (Phi) is 4.89. The molecular weight excluding hydrogens is 314 g/mol. The number of nitro groups is 1. The summed E-state index contributed by atoms with van der Waals surface area (Å²) in [5.41, 5.74) is -0.475. The Morgan fingerprint density at radius 1 is 1.33 bits per heavy atom. The van der Waals surface area contributed by atoms with Crippen molar-refractivity contribution in [2.24, 2.45) is 0 Å². The molecule has 0 aliphatic carbocycles. The van der Waals surface area contributed by atoms with Gasteiger partial charge < -0.3 is 20.2 Å². The Balaban J connectivity index is 2.01. The molecule has 8 heteroatoms. The van der Waals surface area contributed by atoms with Crippen molar-refractivity contribution >= 4 is 17.4 Å². The number of rotatable bonds is 5. The van der Waals surface area contributed by atoms with Gasteiger partial charge in [0, 0.05) is 12.1 Å². The molecule has 128 valence electrons. The van der Waals surface area contributed by atoms with Gasteiger partial charge in [-0.2, -0.15) is 0 Å². The second kappa shape index (κ2) is 6.71. The van der Waals surface area contributed by atoms with E-state index in [1.807, 2.05) is 0 Å². The largest absolute Gasteiger partial charge is 0.463 e. The quantitative estimate of drug-likeness (QED) is 0.574. The Hall–Kier alpha value is -2.87. The molecule has 8 nitrogen and oxygen atoms in total. The molecule has 2 rings (SSSR count). The number of nitro benzene ring substituents is 1. The first-order chi connectivity index (χ1) is 11.2. The minimum Gasteiger partial charge on any atom is -0.463 e. The summed E-state index contributed by atoms with van der Waals surface area (Å²) in [7, 11) is 0. The first-order valence-corrected chi connectivity index (χ1v) is 7.28. The lowest BCUT2D eigenvalue weighted by Gasteiger charge is -2.21. The van der Waals surface area contributed by atoms with Crippen LogP contribution in [0.15, 0.2) is 34.7 Å². The number of carbonyl (C=O) groups excluding carboxylic acids is 1. The lowest BCUT2D eigenvalue weighted by Crippen LogP contribution is -2.40. The van der Waals surface area contributed by atoms with Crippen LogP contribution in [-0.4, -0.2) is 22.6 Å². The zero-order chi connectivity index (χ0) is 17.9. The topological polar surface area (TPSA) is 118 Å². The predicted molar refractivity (Wildman–Crippen MR) is 87.9 cm³/mol. The summed E-state index contributed by atoms with van der Waals surface area (Å²) in [6.45, 7) is 4.91. The fraction of sp³-hybridized carbons (Fsp3) is 0.312. The second-order valence-corrected chi connectivity index (χ2v) is 5.75. The molecule has 0 aliphatic heterocycles. The molecule has 0 aliphatic rings. The third kappa shape index (κ3) is 4.11. The Labute approximate surface area is 138 Å². The third-order valence-corrected chi connectivity index (χ3v) is 3.54. The minimum atomic E-state index is -1.37. The molecule has 0 fully saturated rings. The number of benzene rings is 1. The van der Waals surface area contributed by atoms with Crippen molar-refractivity contribution in [2.45, 2.75) is 26.4 Å². The number of furan rings is 1. The number of aliphatic hydroxyl groups is 1. The smallest absolute Gasteiger partial charge is 0.319 e. The van der Waals surface area contributed by atoms with Crippen molar-refractivity contribution in [3.8, 4) is 0 Å². The number of aryl methyl sites for hydroxylation is 2. The standard InChI is InChI=1S/C16H19N3O5/c1-10-4-6-12(19(22)23)8-13(10)18-15(20)17-9-16(3,21)14-7-5-11(2)24-14/h4-8,21H,9H2,1-3H3,(H2,17,18,20)/t16-/m0/s1. The van der Waals surface area contributed by atoms with Crippen molar-refractivity contribution < 1.29 is 19.2 Å². The fourth-order valence-electron chi connectivity index (χ4n) is 2.09. The number of nitrogens with zero attached hydrogens (tertiary/aromatic N) is 1. The SMILES string of the molecule is Cc1ccc([C@@](C)(O)CNC(=O)Nc2cc([N+](=O)[O-])ccc2C)o1. The van der Waals surface area contributed by atoms with Gasteiger partial charge in [-0.15, -0.1) is 0 Å². The fourth-order valence-corrected chi connectivity index (χ4v) is 2.09. The molecule has 2 amide bonds. The first-order valence-electron chi connectivity index (χ1n) is 7.28. The zero-order valence-electron chi connectivity index (χ0n) is 13.6. The summed E-state index contributed by atoms with van der Waals surface area (Å²) in [4.78, 5) is 22.3. The lowest BCUT2D eigenvalue weighted by molar-refractivity contribution is -0.384. The molecule has 1 atom stereocenters. The Morgan fingerprint density at radius 2 is 2.04 bits per heavy atom. The summed E-state index contributed by atoms with van der Waals surface area (Å²) < 4.78 is 5.36. The second-order valence-electron chi connectivity index (χ2n) is 5.75. The molecule has 24 heavy (non-hydrogen) atoms. The van der Waals surface area contributed by atoms with Crippen LogP contribution in [0.25, 0.3) is 0 Å². The molecule has 0 saturated carbocycles. The summed E-state index contributed by atoms with van der Waals surface area (Å²) >= 11 is 0. The van der Waals surface area contributed by atoms with Crippen molar-refractivity contribution in [1.82, 2.24) is 5.32 Å². The highest BCUT2D eigenvalue weighted by Gasteiger charge is 2.27. The number of carbonyl (C=O) groups is 1. The van der Waals surface area contributed by atoms with Crippen LogP contribution < -0.4 is 10.6 Å². The van der Waals surface area contributed by atoms with Gasteiger partial charge in [0.15, 0.2) is 0 Å². The van der Waals surface area contributed by atoms with Gasteiger partial charge in [-0.1, -0.05) is 6.07 Å². The highest BCUT2D eigenvalue weighted by Crippen LogP contribution is 2.23. The van der Waals surface area contributed by atoms with Gasteiger partial charge in [-0.25, -0.2) is 4.79 Å². The van der Waals surface area contributed by atoms with Crippen LogP contribution >= 0.6 is 0 Å². The van der Waals surface area contributed by atoms with Gasteiger partial charge in [0.1, 0.15) is 17.1 Å². The summed E-state index contributed by atoms with van der Waals surface area (Å²) in [5.74, 6) is 0.994. The van der Waals surface area contributed by atoms with Crippen molar-refractivity contribution in [3.63, 3.8) is 0 Å². The lowest BCUT2D eigenvalue weighted by atomic mass is 10.0. The van der Waals surface area contributed by atoms with E-state index in [1.165, 1.54) is 19.1 Å². The molecule has 1 heterocycles. The molecule has 0 spiro atoms. The molecule has 0 bridgehead atoms. The summed E-state index contributed by atoms with van der Waals surface area (Å²) in [6.07, 6.45) is 0. The van der Waals surface area contributed by atoms with Gasteiger partial charge in [0.25, 0.3) is 5.69 Å². The molecular formula is C16H19N3O5. The predicted octanol–water partition coefficient (Wildman–Crippen LogP) is 2.83. The van der Waals surface area contributed by atoms with Crippen molar-refractivity contribution in [3.05, 3.63) is 57.5 Å². The normalized spacial score (nSPS) is 13.2. The monoisotopic (exact) mass is 333 g/mol. The Bertz CT molecular complexity index is 767. The summed E-state index contributed by atoms with van der Waals surface area (Å²) in [5, 5.41) is 26.2. The van der Waals surface area contributed by atoms with E-state index in [1.54, 1.807) is 32.0 Å². The van der Waals surface area contributed by atoms with Crippen LogP contribution in [0.3, 0.4) is 0 Å². The Morgan fingerprint density at radius 3 is 2.62 bits per heavy atom. The molecule has 0 radical (unpaired) electrons. The van der Waals surface area contributed by atoms with Crippen molar-refractivity contribution in [2.75, 3.05) is 11.9 Å². The van der Waals surface area contributed by atoms with Gasteiger partial charge >= 0.3 is 6.03 Å². The highest BCUT2D eigenvalue weighted by molar-refractivity contribution is 5.90. The minimum absolute atomic E-state index is 0.0836. The average molecular weight is 333 g/mol. The molecule has 1 aromatic heterocycles. The zero-order valence-corrected chi connectivity index (χ0v) is 13.6. The van der Waals surface area contributed by atoms with E-state index in [0.29, 0.717) is 22.8 Å². The third-order valence-electron chi connectivity index (χ3n) is 3.54. The maximum atomic E-state index is 12.0. The van der Waals surface area contributed by atoms with E-state index in [0.717, 1.165) is 0 Å². The number of hydrogen-bond acceptors (Lipinski definition) is 5. The highest BCUT2D eigenvalue weighted by atomic mass is 16.6. The van der Waals surface area contributed by atoms with E-state index in [-0.39, 0.29) is 12.2 Å². The number of nitrogens with one attached hydrogen (secondary N) is 2. The molecule has 1 aromatic carbocycles. The maximum absolute atomic E-state index is 12.0. The van der Waals surface area contributed by atoms with Gasteiger partial charge in [0.05, 0.1) is 17.2 Å². The molecule has 2 aromatic rings. The van der Waals surface area contributed by atoms with Crippen molar-refractivity contribution in [1.29, 1.82) is 0 Å². The number of non-ortho nitro benzene ring substituents is 1. The number of hydrogen-bond donors (Lipinski definition) is 3. The van der Waals surface area contributed by atoms with Crippen LogP contribution in [0.5, 0.6) is 0 Å². The molecule has 0 unspecified atom stereocenters. The van der Waals surface area contributed by atoms with Crippen LogP contribution in [0.4, 0.5) is 16.2 Å². The van der Waals surface area contributed by atoms with Crippen LogP contribution in [0, 0.1) is 24.0 Å². The van der Waals surface area contributed by atoms with E-state index >= 15 is 0 Å². The van der Waals surface area contributed by atoms with Gasteiger partial charge in [-0.3, -0.25) is 10.1 Å². The molecule has 0 saturated heterocycles. The molecule has 3 N–H and O–H groups in total. The first kappa shape index (κ1) is 17.5. The number of amides is 2. The van der Waals surface area contributed by atoms with Gasteiger partial charge in [-0.05, 0) is 38.5 Å². The number of anilines is 1. The van der Waals surface area contributed by atoms with E-state index in [9.17, 15) is 20.0 Å². The van der Waals surface area contributed by atoms with Crippen LogP contribution in [0.2, 0.25) is 0 Å². The van der Waals surface area contributed by atoms with E-state index in [2.05, 4.69) is 10.6 Å².